The first-order chi connectivity index (χ1) is 7.61. The van der Waals surface area contributed by atoms with Crippen LogP contribution in [0.3, 0.4) is 0 Å². The van der Waals surface area contributed by atoms with Crippen LogP contribution in [-0.2, 0) is 4.74 Å². The molecule has 0 fully saturated rings. The molecule has 3 nitrogen and oxygen atoms in total. The molecule has 98 valence electrons. The molecule has 0 amide bonds. The molecule has 0 aromatic rings. The minimum absolute atomic E-state index is 0.275. The number of likely N-dealkylation sites (N-methyl/N-ethyl adjacent to an activating group) is 1. The Hall–Kier alpha value is 0.230. The van der Waals surface area contributed by atoms with Crippen LogP contribution in [0, 0.1) is 0 Å². The van der Waals surface area contributed by atoms with Crippen molar-refractivity contribution in [3.63, 3.8) is 0 Å². The molecular weight excluding hydrogens is 220 g/mol. The van der Waals surface area contributed by atoms with Gasteiger partial charge in [-0.3, -0.25) is 0 Å². The average molecular weight is 248 g/mol. The molecule has 0 saturated carbocycles. The lowest BCUT2D eigenvalue weighted by Gasteiger charge is -2.27. The van der Waals surface area contributed by atoms with E-state index in [0.29, 0.717) is 6.04 Å². The molecule has 0 rings (SSSR count). The van der Waals surface area contributed by atoms with Crippen molar-refractivity contribution in [2.45, 2.75) is 38.3 Å². The Balaban J connectivity index is 3.62. The third-order valence-corrected chi connectivity index (χ3v) is 3.58. The van der Waals surface area contributed by atoms with E-state index in [1.807, 2.05) is 11.8 Å². The molecule has 4 heteroatoms. The molecule has 0 aliphatic heterocycles. The van der Waals surface area contributed by atoms with Crippen molar-refractivity contribution in [1.29, 1.82) is 0 Å². The maximum atomic E-state index is 6.08. The van der Waals surface area contributed by atoms with E-state index < -0.39 is 0 Å². The van der Waals surface area contributed by atoms with Gasteiger partial charge in [0.25, 0.3) is 0 Å². The Morgan fingerprint density at radius 1 is 1.38 bits per heavy atom. The molecular formula is C12H28N2OS. The van der Waals surface area contributed by atoms with Gasteiger partial charge in [-0.25, -0.2) is 0 Å². The third-order valence-electron chi connectivity index (χ3n) is 2.94. The van der Waals surface area contributed by atoms with Gasteiger partial charge in [0.1, 0.15) is 0 Å². The minimum atomic E-state index is 0.275. The molecule has 0 aromatic heterocycles. The first-order valence-corrected chi connectivity index (χ1v) is 7.44. The molecule has 0 aliphatic rings. The molecule has 2 atom stereocenters. The first-order valence-electron chi connectivity index (χ1n) is 6.05. The zero-order chi connectivity index (χ0) is 12.4. The van der Waals surface area contributed by atoms with Crippen LogP contribution in [-0.4, -0.2) is 56.3 Å². The summed E-state index contributed by atoms with van der Waals surface area (Å²) in [5, 5.41) is 0. The molecule has 2 unspecified atom stereocenters. The van der Waals surface area contributed by atoms with Crippen LogP contribution in [0.25, 0.3) is 0 Å². The summed E-state index contributed by atoms with van der Waals surface area (Å²) in [7, 11) is 3.91. The lowest BCUT2D eigenvalue weighted by molar-refractivity contribution is 0.183. The average Bonchev–Trinajstić information content (AvgIpc) is 2.26. The number of hydrogen-bond acceptors (Lipinski definition) is 4. The Morgan fingerprint density at radius 2 is 2.06 bits per heavy atom. The van der Waals surface area contributed by atoms with E-state index in [0.717, 1.165) is 26.0 Å². The number of methoxy groups -OCH3 is 1. The summed E-state index contributed by atoms with van der Waals surface area (Å²) in [6, 6.07) is 0.901. The van der Waals surface area contributed by atoms with Crippen molar-refractivity contribution < 1.29 is 4.74 Å². The fourth-order valence-electron chi connectivity index (χ4n) is 1.64. The SMILES string of the molecule is COCCCC(N)CN(C)C(C)CCSC. The van der Waals surface area contributed by atoms with Crippen LogP contribution in [0.2, 0.25) is 0 Å². The van der Waals surface area contributed by atoms with Crippen molar-refractivity contribution in [2.75, 3.05) is 39.3 Å². The summed E-state index contributed by atoms with van der Waals surface area (Å²) in [4.78, 5) is 2.37. The highest BCUT2D eigenvalue weighted by Crippen LogP contribution is 2.07. The van der Waals surface area contributed by atoms with Crippen molar-refractivity contribution in [3.8, 4) is 0 Å². The largest absolute Gasteiger partial charge is 0.385 e. The smallest absolute Gasteiger partial charge is 0.0462 e. The van der Waals surface area contributed by atoms with Crippen LogP contribution in [0.15, 0.2) is 0 Å². The summed E-state index contributed by atoms with van der Waals surface area (Å²) in [5.41, 5.74) is 6.08. The molecule has 0 aliphatic carbocycles. The van der Waals surface area contributed by atoms with Gasteiger partial charge >= 0.3 is 0 Å². The van der Waals surface area contributed by atoms with E-state index in [1.54, 1.807) is 7.11 Å². The monoisotopic (exact) mass is 248 g/mol. The van der Waals surface area contributed by atoms with Crippen molar-refractivity contribution >= 4 is 11.8 Å². The Kier molecular flexibility index (Phi) is 10.5. The van der Waals surface area contributed by atoms with Gasteiger partial charge < -0.3 is 15.4 Å². The Labute approximate surface area is 105 Å². The normalized spacial score (nSPS) is 15.4. The van der Waals surface area contributed by atoms with Crippen LogP contribution < -0.4 is 5.73 Å². The molecule has 0 radical (unpaired) electrons. The molecule has 0 saturated heterocycles. The summed E-state index contributed by atoms with van der Waals surface area (Å²) >= 11 is 1.91. The maximum Gasteiger partial charge on any atom is 0.0462 e. The predicted molar refractivity (Wildman–Crippen MR) is 74.2 cm³/mol. The van der Waals surface area contributed by atoms with Crippen LogP contribution in [0.1, 0.15) is 26.2 Å². The molecule has 0 aromatic carbocycles. The number of ether oxygens (including phenoxy) is 1. The van der Waals surface area contributed by atoms with E-state index in [1.165, 1.54) is 12.2 Å². The van der Waals surface area contributed by atoms with Gasteiger partial charge in [-0.15, -0.1) is 0 Å². The molecule has 0 heterocycles. The third kappa shape index (κ3) is 8.39. The molecule has 16 heavy (non-hydrogen) atoms. The zero-order valence-electron chi connectivity index (χ0n) is 11.2. The lowest BCUT2D eigenvalue weighted by Crippen LogP contribution is -2.40. The topological polar surface area (TPSA) is 38.5 Å². The van der Waals surface area contributed by atoms with E-state index >= 15 is 0 Å². The summed E-state index contributed by atoms with van der Waals surface area (Å²) in [6.07, 6.45) is 5.50. The fraction of sp³-hybridized carbons (Fsp3) is 1.00. The Morgan fingerprint density at radius 3 is 2.62 bits per heavy atom. The predicted octanol–water partition coefficient (Wildman–Crippen LogP) is 1.81. The molecule has 0 spiro atoms. The second-order valence-electron chi connectivity index (χ2n) is 4.47. The van der Waals surface area contributed by atoms with Crippen LogP contribution >= 0.6 is 11.8 Å². The maximum absolute atomic E-state index is 6.08. The number of nitrogens with two attached hydrogens (primary N) is 1. The lowest BCUT2D eigenvalue weighted by atomic mass is 10.1. The number of nitrogens with zero attached hydrogens (tertiary/aromatic N) is 1. The fourth-order valence-corrected chi connectivity index (χ4v) is 2.22. The van der Waals surface area contributed by atoms with Crippen LogP contribution in [0.4, 0.5) is 0 Å². The van der Waals surface area contributed by atoms with Gasteiger partial charge in [-0.05, 0) is 45.2 Å². The number of rotatable bonds is 10. The van der Waals surface area contributed by atoms with Gasteiger partial charge in [-0.2, -0.15) is 11.8 Å². The quantitative estimate of drug-likeness (QED) is 0.599. The van der Waals surface area contributed by atoms with Gasteiger partial charge in [0, 0.05) is 32.3 Å². The summed E-state index contributed by atoms with van der Waals surface area (Å²) in [6.45, 7) is 4.08. The zero-order valence-corrected chi connectivity index (χ0v) is 12.1. The van der Waals surface area contributed by atoms with E-state index in [-0.39, 0.29) is 6.04 Å². The number of thioether (sulfide) groups is 1. The van der Waals surface area contributed by atoms with Crippen LogP contribution in [0.5, 0.6) is 0 Å². The molecule has 0 bridgehead atoms. The van der Waals surface area contributed by atoms with Gasteiger partial charge in [0.05, 0.1) is 0 Å². The second kappa shape index (κ2) is 10.4. The van der Waals surface area contributed by atoms with E-state index in [4.69, 9.17) is 10.5 Å². The highest BCUT2D eigenvalue weighted by molar-refractivity contribution is 7.98. The highest BCUT2D eigenvalue weighted by atomic mass is 32.2. The number of hydrogen-bond donors (Lipinski definition) is 1. The van der Waals surface area contributed by atoms with Crippen molar-refractivity contribution in [2.24, 2.45) is 5.73 Å². The van der Waals surface area contributed by atoms with Gasteiger partial charge in [-0.1, -0.05) is 0 Å². The standard InChI is InChI=1S/C12H28N2OS/c1-11(7-9-16-4)14(2)10-12(13)6-5-8-15-3/h11-12H,5-10,13H2,1-4H3. The van der Waals surface area contributed by atoms with Gasteiger partial charge in [0.2, 0.25) is 0 Å². The van der Waals surface area contributed by atoms with E-state index in [9.17, 15) is 0 Å². The summed E-state index contributed by atoms with van der Waals surface area (Å²) < 4.78 is 5.03. The van der Waals surface area contributed by atoms with E-state index in [2.05, 4.69) is 25.1 Å². The van der Waals surface area contributed by atoms with Gasteiger partial charge in [0.15, 0.2) is 0 Å². The van der Waals surface area contributed by atoms with Crippen molar-refractivity contribution in [1.82, 2.24) is 4.90 Å². The summed E-state index contributed by atoms with van der Waals surface area (Å²) in [5.74, 6) is 1.23. The molecule has 2 N–H and O–H groups in total. The minimum Gasteiger partial charge on any atom is -0.385 e. The second-order valence-corrected chi connectivity index (χ2v) is 5.45. The van der Waals surface area contributed by atoms with Crippen molar-refractivity contribution in [3.05, 3.63) is 0 Å². The first kappa shape index (κ1) is 16.2. The highest BCUT2D eigenvalue weighted by Gasteiger charge is 2.12. The Bertz CT molecular complexity index is 158.